The summed E-state index contributed by atoms with van der Waals surface area (Å²) in [5.41, 5.74) is -0.504. The predicted octanol–water partition coefficient (Wildman–Crippen LogP) is 4.67. The van der Waals surface area contributed by atoms with Crippen LogP contribution in [0, 0.1) is 5.41 Å². The third-order valence-electron chi connectivity index (χ3n) is 4.34. The van der Waals surface area contributed by atoms with Gasteiger partial charge < -0.3 is 5.11 Å². The molecule has 1 aromatic heterocycles. The summed E-state index contributed by atoms with van der Waals surface area (Å²) < 4.78 is 0. The highest BCUT2D eigenvalue weighted by Gasteiger charge is 2.38. The molecule has 3 heteroatoms. The van der Waals surface area contributed by atoms with Gasteiger partial charge in [0.1, 0.15) is 0 Å². The van der Waals surface area contributed by atoms with Gasteiger partial charge in [-0.1, -0.05) is 39.0 Å². The van der Waals surface area contributed by atoms with Gasteiger partial charge in [-0.15, -0.1) is 11.3 Å². The summed E-state index contributed by atoms with van der Waals surface area (Å²) in [5.74, 6) is -0.583. The Morgan fingerprint density at radius 3 is 2.26 bits per heavy atom. The molecule has 0 atom stereocenters. The van der Waals surface area contributed by atoms with E-state index in [1.807, 2.05) is 0 Å². The first-order chi connectivity index (χ1) is 9.16. The van der Waals surface area contributed by atoms with Gasteiger partial charge in [-0.05, 0) is 37.8 Å². The van der Waals surface area contributed by atoms with Crippen LogP contribution < -0.4 is 0 Å². The van der Waals surface area contributed by atoms with Gasteiger partial charge in [0, 0.05) is 9.75 Å². The predicted molar refractivity (Wildman–Crippen MR) is 79.8 cm³/mol. The second-order valence-electron chi connectivity index (χ2n) is 5.75. The Labute approximate surface area is 119 Å². The minimum absolute atomic E-state index is 0.504. The Balaban J connectivity index is 2.15. The molecule has 1 aromatic rings. The van der Waals surface area contributed by atoms with Crippen LogP contribution >= 0.6 is 11.3 Å². The van der Waals surface area contributed by atoms with Gasteiger partial charge in [-0.2, -0.15) is 0 Å². The zero-order chi connectivity index (χ0) is 13.7. The highest BCUT2D eigenvalue weighted by atomic mass is 32.1. The molecule has 2 nitrogen and oxygen atoms in total. The Morgan fingerprint density at radius 1 is 1.16 bits per heavy atom. The van der Waals surface area contributed by atoms with Gasteiger partial charge >= 0.3 is 5.97 Å². The molecular formula is C16H24O2S. The maximum atomic E-state index is 11.8. The molecule has 0 saturated heterocycles. The normalized spacial score (nSPS) is 19.6. The number of hydrogen-bond donors (Lipinski definition) is 1. The summed E-state index contributed by atoms with van der Waals surface area (Å²) >= 11 is 1.79. The maximum Gasteiger partial charge on any atom is 0.309 e. The van der Waals surface area contributed by atoms with Crippen LogP contribution in [0.1, 0.15) is 61.6 Å². The molecule has 19 heavy (non-hydrogen) atoms. The molecule has 0 spiro atoms. The van der Waals surface area contributed by atoms with E-state index in [2.05, 4.69) is 19.1 Å². The monoisotopic (exact) mass is 280 g/mol. The lowest BCUT2D eigenvalue weighted by atomic mass is 9.73. The van der Waals surface area contributed by atoms with E-state index in [1.165, 1.54) is 29.0 Å². The largest absolute Gasteiger partial charge is 0.481 e. The summed E-state index contributed by atoms with van der Waals surface area (Å²) in [6.07, 6.45) is 9.27. The number of carboxylic acids is 1. The quantitative estimate of drug-likeness (QED) is 0.870. The number of aliphatic carboxylic acids is 1. The first-order valence-electron chi connectivity index (χ1n) is 7.47. The lowest BCUT2D eigenvalue weighted by Crippen LogP contribution is -2.34. The van der Waals surface area contributed by atoms with Crippen molar-refractivity contribution in [3.05, 3.63) is 21.9 Å². The molecule has 0 bridgehead atoms. The highest BCUT2D eigenvalue weighted by Crippen LogP contribution is 2.39. The number of thiophene rings is 1. The number of rotatable bonds is 4. The second-order valence-corrected chi connectivity index (χ2v) is 7.00. The fraction of sp³-hybridized carbons (Fsp3) is 0.688. The van der Waals surface area contributed by atoms with Gasteiger partial charge in [0.25, 0.3) is 0 Å². The Morgan fingerprint density at radius 2 is 1.74 bits per heavy atom. The smallest absolute Gasteiger partial charge is 0.309 e. The standard InChI is InChI=1S/C16H24O2S/c1-2-13-8-9-14(19-13)12-16(15(17)18)10-6-4-3-5-7-11-16/h8-9H,2-7,10-12H2,1H3,(H,17,18). The van der Waals surface area contributed by atoms with Crippen molar-refractivity contribution in [3.63, 3.8) is 0 Å². The first kappa shape index (κ1) is 14.6. The second kappa shape index (κ2) is 6.56. The van der Waals surface area contributed by atoms with Crippen molar-refractivity contribution >= 4 is 17.3 Å². The molecule has 1 aliphatic carbocycles. The van der Waals surface area contributed by atoms with Crippen molar-refractivity contribution in [2.24, 2.45) is 5.41 Å². The van der Waals surface area contributed by atoms with E-state index < -0.39 is 11.4 Å². The molecule has 2 rings (SSSR count). The molecule has 0 unspecified atom stereocenters. The summed E-state index contributed by atoms with van der Waals surface area (Å²) in [6, 6.07) is 4.28. The minimum Gasteiger partial charge on any atom is -0.481 e. The Hall–Kier alpha value is -0.830. The molecule has 1 N–H and O–H groups in total. The number of carbonyl (C=O) groups is 1. The van der Waals surface area contributed by atoms with Gasteiger partial charge in [0.2, 0.25) is 0 Å². The number of carboxylic acid groups (broad SMARTS) is 1. The molecule has 0 amide bonds. The van der Waals surface area contributed by atoms with Crippen LogP contribution in [0.25, 0.3) is 0 Å². The van der Waals surface area contributed by atoms with Crippen LogP contribution in [0.4, 0.5) is 0 Å². The summed E-state index contributed by atoms with van der Waals surface area (Å²) in [4.78, 5) is 14.4. The molecule has 1 aliphatic rings. The molecule has 0 aliphatic heterocycles. The lowest BCUT2D eigenvalue weighted by molar-refractivity contribution is -0.150. The van der Waals surface area contributed by atoms with Gasteiger partial charge in [0.05, 0.1) is 5.41 Å². The molecule has 1 heterocycles. The summed E-state index contributed by atoms with van der Waals surface area (Å²) in [5, 5.41) is 9.74. The average molecular weight is 280 g/mol. The van der Waals surface area contributed by atoms with Crippen LogP contribution in [-0.2, 0) is 17.6 Å². The number of aryl methyl sites for hydroxylation is 1. The van der Waals surface area contributed by atoms with Crippen LogP contribution in [0.5, 0.6) is 0 Å². The third-order valence-corrected chi connectivity index (χ3v) is 5.57. The highest BCUT2D eigenvalue weighted by molar-refractivity contribution is 7.12. The van der Waals surface area contributed by atoms with Gasteiger partial charge in [-0.25, -0.2) is 0 Å². The first-order valence-corrected chi connectivity index (χ1v) is 8.29. The summed E-state index contributed by atoms with van der Waals surface area (Å²) in [7, 11) is 0. The van der Waals surface area contributed by atoms with Crippen LogP contribution in [0.15, 0.2) is 12.1 Å². The molecule has 0 aromatic carbocycles. The maximum absolute atomic E-state index is 11.8. The van der Waals surface area contributed by atoms with Crippen LogP contribution in [-0.4, -0.2) is 11.1 Å². The SMILES string of the molecule is CCc1ccc(CC2(C(=O)O)CCCCCCC2)s1. The van der Waals surface area contributed by atoms with Crippen LogP contribution in [0.2, 0.25) is 0 Å². The molecule has 106 valence electrons. The van der Waals surface area contributed by atoms with Crippen molar-refractivity contribution in [1.82, 2.24) is 0 Å². The van der Waals surface area contributed by atoms with E-state index in [0.717, 1.165) is 38.5 Å². The molecule has 1 saturated carbocycles. The Bertz CT molecular complexity index is 414. The van der Waals surface area contributed by atoms with Crippen molar-refractivity contribution < 1.29 is 9.90 Å². The van der Waals surface area contributed by atoms with Gasteiger partial charge in [0.15, 0.2) is 0 Å². The third kappa shape index (κ3) is 3.59. The summed E-state index contributed by atoms with van der Waals surface area (Å²) in [6.45, 7) is 2.15. The minimum atomic E-state index is -0.583. The zero-order valence-electron chi connectivity index (χ0n) is 11.8. The van der Waals surface area contributed by atoms with Crippen molar-refractivity contribution in [1.29, 1.82) is 0 Å². The zero-order valence-corrected chi connectivity index (χ0v) is 12.6. The van der Waals surface area contributed by atoms with Crippen molar-refractivity contribution in [2.45, 2.75) is 64.7 Å². The molecule has 0 radical (unpaired) electrons. The fourth-order valence-electron chi connectivity index (χ4n) is 3.09. The van der Waals surface area contributed by atoms with E-state index in [9.17, 15) is 9.90 Å². The topological polar surface area (TPSA) is 37.3 Å². The number of hydrogen-bond acceptors (Lipinski definition) is 2. The van der Waals surface area contributed by atoms with Crippen molar-refractivity contribution in [2.75, 3.05) is 0 Å². The van der Waals surface area contributed by atoms with E-state index in [-0.39, 0.29) is 0 Å². The van der Waals surface area contributed by atoms with Gasteiger partial charge in [-0.3, -0.25) is 4.79 Å². The fourth-order valence-corrected chi connectivity index (χ4v) is 4.19. The van der Waals surface area contributed by atoms with Crippen LogP contribution in [0.3, 0.4) is 0 Å². The van der Waals surface area contributed by atoms with E-state index >= 15 is 0 Å². The Kier molecular flexibility index (Phi) is 5.03. The van der Waals surface area contributed by atoms with E-state index in [0.29, 0.717) is 0 Å². The van der Waals surface area contributed by atoms with E-state index in [4.69, 9.17) is 0 Å². The van der Waals surface area contributed by atoms with Crippen molar-refractivity contribution in [3.8, 4) is 0 Å². The average Bonchev–Trinajstić information content (AvgIpc) is 2.80. The van der Waals surface area contributed by atoms with E-state index in [1.54, 1.807) is 11.3 Å². The molecule has 1 fully saturated rings. The molecular weight excluding hydrogens is 256 g/mol. The lowest BCUT2D eigenvalue weighted by Gasteiger charge is -2.31.